The van der Waals surface area contributed by atoms with E-state index < -0.39 is 56.7 Å². The fourth-order valence-electron chi connectivity index (χ4n) is 4.52. The van der Waals surface area contributed by atoms with Gasteiger partial charge in [-0.1, -0.05) is 18.2 Å². The lowest BCUT2D eigenvalue weighted by atomic mass is 9.93. The van der Waals surface area contributed by atoms with Gasteiger partial charge in [0.05, 0.1) is 16.1 Å². The monoisotopic (exact) mass is 573 g/mol. The Hall–Kier alpha value is -3.74. The van der Waals surface area contributed by atoms with E-state index in [-0.39, 0.29) is 42.6 Å². The number of anilines is 1. The van der Waals surface area contributed by atoms with Crippen molar-refractivity contribution in [2.75, 3.05) is 10.8 Å². The molecule has 0 spiro atoms. The number of rotatable bonds is 9. The van der Waals surface area contributed by atoms with Gasteiger partial charge >= 0.3 is 18.8 Å². The Morgan fingerprint density at radius 2 is 1.79 bits per heavy atom. The molecule has 1 aliphatic heterocycles. The molecule has 39 heavy (non-hydrogen) atoms. The number of benzene rings is 3. The molecule has 4 rings (SSSR count). The molecule has 3 aromatic carbocycles. The van der Waals surface area contributed by atoms with Gasteiger partial charge < -0.3 is 9.84 Å². The molecule has 0 radical (unpaired) electrons. The van der Waals surface area contributed by atoms with Crippen LogP contribution in [0.4, 0.5) is 32.0 Å². The number of aliphatic carboxylic acids is 1. The first-order chi connectivity index (χ1) is 18.3. The maximum Gasteiger partial charge on any atom is 0.416 e. The number of ether oxygens (including phenoxy) is 1. The van der Waals surface area contributed by atoms with Crippen LogP contribution in [-0.4, -0.2) is 32.6 Å². The van der Waals surface area contributed by atoms with Crippen LogP contribution in [-0.2, 0) is 21.0 Å². The lowest BCUT2D eigenvalue weighted by Gasteiger charge is -2.21. The highest BCUT2D eigenvalue weighted by Crippen LogP contribution is 2.44. The third-order valence-electron chi connectivity index (χ3n) is 6.25. The summed E-state index contributed by atoms with van der Waals surface area (Å²) in [6.07, 6.45) is -4.45. The van der Waals surface area contributed by atoms with Crippen LogP contribution >= 0.6 is 0 Å². The summed E-state index contributed by atoms with van der Waals surface area (Å²) in [6.45, 7) is -3.38. The number of carboxylic acids is 1. The van der Waals surface area contributed by atoms with Crippen molar-refractivity contribution in [2.45, 2.75) is 42.9 Å². The van der Waals surface area contributed by atoms with Gasteiger partial charge in [-0.3, -0.25) is 9.10 Å². The molecule has 1 heterocycles. The van der Waals surface area contributed by atoms with Gasteiger partial charge in [-0.2, -0.15) is 22.0 Å². The molecule has 208 valence electrons. The van der Waals surface area contributed by atoms with Crippen molar-refractivity contribution in [1.82, 2.24) is 0 Å². The molecule has 13 heteroatoms. The highest BCUT2D eigenvalue weighted by Gasteiger charge is 2.38. The van der Waals surface area contributed by atoms with Crippen molar-refractivity contribution in [1.29, 1.82) is 0 Å². The number of hydrogen-bond donors (Lipinski definition) is 1. The molecule has 0 fully saturated rings. The summed E-state index contributed by atoms with van der Waals surface area (Å²) in [5.74, 6) is -2.85. The number of halogens is 6. The predicted molar refractivity (Wildman–Crippen MR) is 129 cm³/mol. The molecule has 1 aliphatic rings. The van der Waals surface area contributed by atoms with Gasteiger partial charge in [-0.25, -0.2) is 12.8 Å². The van der Waals surface area contributed by atoms with E-state index >= 15 is 0 Å². The molecule has 0 aliphatic carbocycles. The normalized spacial score (nSPS) is 15.5. The van der Waals surface area contributed by atoms with Crippen LogP contribution in [0.25, 0.3) is 11.1 Å². The highest BCUT2D eigenvalue weighted by molar-refractivity contribution is 7.92. The second-order valence-electron chi connectivity index (χ2n) is 8.87. The zero-order valence-corrected chi connectivity index (χ0v) is 20.8. The Morgan fingerprint density at radius 1 is 1.05 bits per heavy atom. The standard InChI is InChI=1S/C26H21F6NO5S/c27-19-9-17(10-20(13-19)38-25(28)29)15-7-8-22-16(3-1-6-24(34)35)14-33(23(22)11-15)39(36,37)21-5-2-4-18(12-21)26(30,31)32/h2,4-5,7-13,16,25H,1,3,6,14H2,(H,34,35). The largest absolute Gasteiger partial charge is 0.481 e. The highest BCUT2D eigenvalue weighted by atomic mass is 32.2. The number of alkyl halides is 5. The van der Waals surface area contributed by atoms with Crippen LogP contribution in [0.1, 0.15) is 36.3 Å². The zero-order valence-electron chi connectivity index (χ0n) is 20.0. The first-order valence-electron chi connectivity index (χ1n) is 11.6. The van der Waals surface area contributed by atoms with Crippen LogP contribution in [0, 0.1) is 5.82 Å². The molecule has 0 bridgehead atoms. The smallest absolute Gasteiger partial charge is 0.416 e. The van der Waals surface area contributed by atoms with Crippen LogP contribution in [0.2, 0.25) is 0 Å². The van der Waals surface area contributed by atoms with Gasteiger partial charge in [-0.05, 0) is 65.9 Å². The molecular formula is C26H21F6NO5S. The van der Waals surface area contributed by atoms with E-state index in [4.69, 9.17) is 5.11 Å². The number of hydrogen-bond acceptors (Lipinski definition) is 4. The van der Waals surface area contributed by atoms with E-state index in [9.17, 15) is 39.6 Å². The summed E-state index contributed by atoms with van der Waals surface area (Å²) in [4.78, 5) is 10.4. The second kappa shape index (κ2) is 10.8. The predicted octanol–water partition coefficient (Wildman–Crippen LogP) is 6.66. The molecule has 0 saturated heterocycles. The molecule has 1 N–H and O–H groups in total. The second-order valence-corrected chi connectivity index (χ2v) is 10.7. The fourth-order valence-corrected chi connectivity index (χ4v) is 6.09. The number of sulfonamides is 1. The Kier molecular flexibility index (Phi) is 7.82. The van der Waals surface area contributed by atoms with Crippen molar-refractivity contribution in [3.63, 3.8) is 0 Å². The van der Waals surface area contributed by atoms with Crippen LogP contribution in [0.3, 0.4) is 0 Å². The third-order valence-corrected chi connectivity index (χ3v) is 8.02. The van der Waals surface area contributed by atoms with E-state index in [1.807, 2.05) is 0 Å². The first kappa shape index (κ1) is 28.3. The van der Waals surface area contributed by atoms with Crippen LogP contribution in [0.5, 0.6) is 5.75 Å². The first-order valence-corrected chi connectivity index (χ1v) is 13.0. The summed E-state index contributed by atoms with van der Waals surface area (Å²) in [6, 6.07) is 10.7. The Morgan fingerprint density at radius 3 is 2.46 bits per heavy atom. The summed E-state index contributed by atoms with van der Waals surface area (Å²) in [5.41, 5.74) is -0.214. The van der Waals surface area contributed by atoms with Crippen molar-refractivity contribution >= 4 is 21.7 Å². The Bertz CT molecular complexity index is 1490. The maximum atomic E-state index is 14.2. The number of carbonyl (C=O) groups is 1. The topological polar surface area (TPSA) is 83.9 Å². The molecule has 3 aromatic rings. The molecule has 1 unspecified atom stereocenters. The van der Waals surface area contributed by atoms with Crippen molar-refractivity contribution in [2.24, 2.45) is 0 Å². The minimum atomic E-state index is -4.78. The van der Waals surface area contributed by atoms with E-state index in [2.05, 4.69) is 4.74 Å². The number of carboxylic acid groups (broad SMARTS) is 1. The summed E-state index contributed by atoms with van der Waals surface area (Å²) >= 11 is 0. The zero-order chi connectivity index (χ0) is 28.5. The van der Waals surface area contributed by atoms with E-state index in [1.54, 1.807) is 6.07 Å². The SMILES string of the molecule is O=C(O)CCCC1CN(S(=O)(=O)c2cccc(C(F)(F)F)c2)c2cc(-c3cc(F)cc(OC(F)F)c3)ccc21. The van der Waals surface area contributed by atoms with Crippen LogP contribution in [0.15, 0.2) is 65.6 Å². The number of fused-ring (bicyclic) bond motifs is 1. The van der Waals surface area contributed by atoms with Gasteiger partial charge in [0.15, 0.2) is 0 Å². The van der Waals surface area contributed by atoms with Gasteiger partial charge in [0, 0.05) is 24.9 Å². The Labute approximate surface area is 219 Å². The lowest BCUT2D eigenvalue weighted by molar-refractivity contribution is -0.138. The molecule has 0 aromatic heterocycles. The third kappa shape index (κ3) is 6.29. The van der Waals surface area contributed by atoms with Gasteiger partial charge in [0.2, 0.25) is 0 Å². The number of nitrogens with zero attached hydrogens (tertiary/aromatic N) is 1. The average molecular weight is 574 g/mol. The maximum absolute atomic E-state index is 14.2. The van der Waals surface area contributed by atoms with Gasteiger partial charge in [0.25, 0.3) is 10.0 Å². The van der Waals surface area contributed by atoms with Crippen molar-refractivity contribution < 1.29 is 49.4 Å². The van der Waals surface area contributed by atoms with Crippen molar-refractivity contribution in [3.05, 3.63) is 77.6 Å². The summed E-state index contributed by atoms with van der Waals surface area (Å²) in [5, 5.41) is 8.98. The summed E-state index contributed by atoms with van der Waals surface area (Å²) < 4.78 is 112. The quantitative estimate of drug-likeness (QED) is 0.290. The van der Waals surface area contributed by atoms with E-state index in [0.29, 0.717) is 11.6 Å². The van der Waals surface area contributed by atoms with Gasteiger partial charge in [-0.15, -0.1) is 0 Å². The summed E-state index contributed by atoms with van der Waals surface area (Å²) in [7, 11) is -4.52. The minimum absolute atomic E-state index is 0.0965. The van der Waals surface area contributed by atoms with E-state index in [0.717, 1.165) is 40.7 Å². The molecule has 1 atom stereocenters. The molecular weight excluding hydrogens is 552 g/mol. The van der Waals surface area contributed by atoms with Gasteiger partial charge in [0.1, 0.15) is 11.6 Å². The fraction of sp³-hybridized carbons (Fsp3) is 0.269. The molecule has 6 nitrogen and oxygen atoms in total. The van der Waals surface area contributed by atoms with Crippen molar-refractivity contribution in [3.8, 4) is 16.9 Å². The van der Waals surface area contributed by atoms with Crippen LogP contribution < -0.4 is 9.04 Å². The lowest BCUT2D eigenvalue weighted by Crippen LogP contribution is -2.30. The Balaban J connectivity index is 1.79. The molecule has 0 saturated carbocycles. The average Bonchev–Trinajstić information content (AvgIpc) is 3.21. The molecule has 0 amide bonds. The minimum Gasteiger partial charge on any atom is -0.481 e. The van der Waals surface area contributed by atoms with E-state index in [1.165, 1.54) is 12.1 Å².